The third-order valence-electron chi connectivity index (χ3n) is 4.00. The Kier molecular flexibility index (Phi) is 5.59. The maximum atomic E-state index is 13.7. The second kappa shape index (κ2) is 8.25. The van der Waals surface area contributed by atoms with E-state index in [1.807, 2.05) is 36.4 Å². The first kappa shape index (κ1) is 17.6. The van der Waals surface area contributed by atoms with Crippen molar-refractivity contribution in [2.24, 2.45) is 0 Å². The number of carbonyl (C=O) groups is 1. The van der Waals surface area contributed by atoms with Crippen LogP contribution >= 0.6 is 0 Å². The van der Waals surface area contributed by atoms with Crippen LogP contribution in [0.1, 0.15) is 11.1 Å². The molecule has 3 rings (SSSR count). The molecule has 0 saturated heterocycles. The molecule has 0 saturated carbocycles. The van der Waals surface area contributed by atoms with Crippen LogP contribution < -0.4 is 9.64 Å². The minimum atomic E-state index is -0.379. The monoisotopic (exact) mass is 350 g/mol. The molecule has 0 aliphatic heterocycles. The molecule has 4 nitrogen and oxygen atoms in total. The van der Waals surface area contributed by atoms with E-state index < -0.39 is 0 Å². The van der Waals surface area contributed by atoms with E-state index in [2.05, 4.69) is 4.98 Å². The number of halogens is 1. The number of methoxy groups -OCH3 is 1. The molecule has 132 valence electrons. The fraction of sp³-hybridized carbons (Fsp3) is 0.143. The van der Waals surface area contributed by atoms with Gasteiger partial charge in [0.15, 0.2) is 0 Å². The van der Waals surface area contributed by atoms with Gasteiger partial charge in [0.1, 0.15) is 11.6 Å². The Morgan fingerprint density at radius 2 is 1.88 bits per heavy atom. The number of benzene rings is 2. The third kappa shape index (κ3) is 4.45. The molecule has 0 radical (unpaired) electrons. The van der Waals surface area contributed by atoms with Crippen LogP contribution in [0.5, 0.6) is 5.75 Å². The Balaban J connectivity index is 1.84. The smallest absolute Gasteiger partial charge is 0.231 e. The van der Waals surface area contributed by atoms with Gasteiger partial charge in [0.05, 0.1) is 20.1 Å². The summed E-state index contributed by atoms with van der Waals surface area (Å²) in [5.41, 5.74) is 2.26. The largest absolute Gasteiger partial charge is 0.497 e. The Labute approximate surface area is 151 Å². The van der Waals surface area contributed by atoms with E-state index in [0.717, 1.165) is 16.9 Å². The predicted octanol–water partition coefficient (Wildman–Crippen LogP) is 4.01. The lowest BCUT2D eigenvalue weighted by molar-refractivity contribution is -0.118. The molecule has 5 heteroatoms. The minimum absolute atomic E-state index is 0.121. The van der Waals surface area contributed by atoms with Crippen LogP contribution in [-0.2, 0) is 17.8 Å². The fourth-order valence-electron chi connectivity index (χ4n) is 2.66. The average Bonchev–Trinajstić information content (AvgIpc) is 2.67. The zero-order chi connectivity index (χ0) is 18.4. The van der Waals surface area contributed by atoms with Crippen LogP contribution in [0.25, 0.3) is 0 Å². The zero-order valence-corrected chi connectivity index (χ0v) is 14.4. The van der Waals surface area contributed by atoms with Gasteiger partial charge in [-0.05, 0) is 47.5 Å². The molecule has 0 aliphatic rings. The van der Waals surface area contributed by atoms with E-state index in [0.29, 0.717) is 12.2 Å². The van der Waals surface area contributed by atoms with Crippen molar-refractivity contribution in [1.29, 1.82) is 0 Å². The summed E-state index contributed by atoms with van der Waals surface area (Å²) in [5.74, 6) is 0.235. The van der Waals surface area contributed by atoms with Gasteiger partial charge in [-0.25, -0.2) is 4.39 Å². The first-order valence-corrected chi connectivity index (χ1v) is 8.23. The van der Waals surface area contributed by atoms with E-state index >= 15 is 0 Å². The lowest BCUT2D eigenvalue weighted by Crippen LogP contribution is -2.31. The van der Waals surface area contributed by atoms with Gasteiger partial charge >= 0.3 is 0 Å². The van der Waals surface area contributed by atoms with Gasteiger partial charge in [0.2, 0.25) is 5.91 Å². The second-order valence-electron chi connectivity index (χ2n) is 5.85. The van der Waals surface area contributed by atoms with Gasteiger partial charge < -0.3 is 9.64 Å². The molecule has 0 atom stereocenters. The summed E-state index contributed by atoms with van der Waals surface area (Å²) in [6.45, 7) is 0.326. The number of hydrogen-bond donors (Lipinski definition) is 0. The van der Waals surface area contributed by atoms with Crippen LogP contribution in [0.3, 0.4) is 0 Å². The number of hydrogen-bond acceptors (Lipinski definition) is 3. The highest BCUT2D eigenvalue weighted by molar-refractivity contribution is 5.94. The maximum Gasteiger partial charge on any atom is 0.231 e. The molecular formula is C21H19FN2O2. The first-order chi connectivity index (χ1) is 12.7. The van der Waals surface area contributed by atoms with Crippen LogP contribution in [0.4, 0.5) is 10.1 Å². The van der Waals surface area contributed by atoms with Crippen molar-refractivity contribution < 1.29 is 13.9 Å². The molecule has 0 bridgehead atoms. The van der Waals surface area contributed by atoms with E-state index in [1.165, 1.54) is 12.1 Å². The van der Waals surface area contributed by atoms with Crippen LogP contribution in [0, 0.1) is 5.82 Å². The Hall–Kier alpha value is -3.21. The van der Waals surface area contributed by atoms with Crippen molar-refractivity contribution in [3.05, 3.63) is 90.0 Å². The third-order valence-corrected chi connectivity index (χ3v) is 4.00. The highest BCUT2D eigenvalue weighted by Crippen LogP contribution is 2.20. The molecule has 0 aliphatic carbocycles. The zero-order valence-electron chi connectivity index (χ0n) is 14.4. The molecule has 0 fully saturated rings. The topological polar surface area (TPSA) is 42.4 Å². The summed E-state index contributed by atoms with van der Waals surface area (Å²) in [4.78, 5) is 18.6. The maximum absolute atomic E-state index is 13.7. The second-order valence-corrected chi connectivity index (χ2v) is 5.85. The van der Waals surface area contributed by atoms with Gasteiger partial charge in [0.25, 0.3) is 0 Å². The van der Waals surface area contributed by atoms with E-state index in [1.54, 1.807) is 36.5 Å². The number of anilines is 1. The molecule has 2 aromatic carbocycles. The summed E-state index contributed by atoms with van der Waals surface area (Å²) < 4.78 is 18.8. The molecular weight excluding hydrogens is 331 g/mol. The molecule has 26 heavy (non-hydrogen) atoms. The molecule has 3 aromatic rings. The van der Waals surface area contributed by atoms with Crippen molar-refractivity contribution in [1.82, 2.24) is 4.98 Å². The summed E-state index contributed by atoms with van der Waals surface area (Å²) in [6.07, 6.45) is 3.59. The molecule has 1 amide bonds. The van der Waals surface area contributed by atoms with Crippen molar-refractivity contribution in [2.45, 2.75) is 13.0 Å². The van der Waals surface area contributed by atoms with Crippen LogP contribution in [0.2, 0.25) is 0 Å². The Bertz CT molecular complexity index is 867. The van der Waals surface area contributed by atoms with Crippen LogP contribution in [0.15, 0.2) is 73.1 Å². The summed E-state index contributed by atoms with van der Waals surface area (Å²) >= 11 is 0. The van der Waals surface area contributed by atoms with E-state index in [-0.39, 0.29) is 18.1 Å². The van der Waals surface area contributed by atoms with Gasteiger partial charge in [-0.2, -0.15) is 0 Å². The Morgan fingerprint density at radius 1 is 1.08 bits per heavy atom. The molecule has 0 unspecified atom stereocenters. The number of amides is 1. The lowest BCUT2D eigenvalue weighted by Gasteiger charge is -2.23. The summed E-state index contributed by atoms with van der Waals surface area (Å²) in [6, 6.07) is 17.1. The number of pyridine rings is 1. The minimum Gasteiger partial charge on any atom is -0.497 e. The van der Waals surface area contributed by atoms with Crippen LogP contribution in [-0.4, -0.2) is 18.0 Å². The molecule has 1 heterocycles. The molecule has 1 aromatic heterocycles. The van der Waals surface area contributed by atoms with Crippen molar-refractivity contribution >= 4 is 11.6 Å². The van der Waals surface area contributed by atoms with Crippen molar-refractivity contribution in [2.75, 3.05) is 12.0 Å². The summed E-state index contributed by atoms with van der Waals surface area (Å²) in [7, 11) is 1.60. The van der Waals surface area contributed by atoms with Gasteiger partial charge in [-0.1, -0.05) is 24.3 Å². The van der Waals surface area contributed by atoms with Gasteiger partial charge in [-0.3, -0.25) is 9.78 Å². The fourth-order valence-corrected chi connectivity index (χ4v) is 2.66. The standard InChI is InChI=1S/C21H19FN2O2/c1-26-20-9-7-16(8-10-20)12-21(25)24(15-17-4-3-11-23-14-17)19-6-2-5-18(22)13-19/h2-11,13-14H,12,15H2,1H3. The van der Waals surface area contributed by atoms with Gasteiger partial charge in [0, 0.05) is 18.1 Å². The summed E-state index contributed by atoms with van der Waals surface area (Å²) in [5, 5.41) is 0. The van der Waals surface area contributed by atoms with Crippen molar-refractivity contribution in [3.8, 4) is 5.75 Å². The average molecular weight is 350 g/mol. The predicted molar refractivity (Wildman–Crippen MR) is 98.5 cm³/mol. The lowest BCUT2D eigenvalue weighted by atomic mass is 10.1. The quantitative estimate of drug-likeness (QED) is 0.675. The highest BCUT2D eigenvalue weighted by atomic mass is 19.1. The number of carbonyl (C=O) groups excluding carboxylic acids is 1. The molecule has 0 N–H and O–H groups in total. The number of aromatic nitrogens is 1. The number of nitrogens with zero attached hydrogens (tertiary/aromatic N) is 2. The highest BCUT2D eigenvalue weighted by Gasteiger charge is 2.17. The number of ether oxygens (including phenoxy) is 1. The van der Waals surface area contributed by atoms with Gasteiger partial charge in [-0.15, -0.1) is 0 Å². The van der Waals surface area contributed by atoms with E-state index in [4.69, 9.17) is 4.74 Å². The SMILES string of the molecule is COc1ccc(CC(=O)N(Cc2cccnc2)c2cccc(F)c2)cc1. The Morgan fingerprint density at radius 3 is 2.54 bits per heavy atom. The molecule has 0 spiro atoms. The van der Waals surface area contributed by atoms with E-state index in [9.17, 15) is 9.18 Å². The first-order valence-electron chi connectivity index (χ1n) is 8.23. The number of rotatable bonds is 6. The van der Waals surface area contributed by atoms with Crippen molar-refractivity contribution in [3.63, 3.8) is 0 Å². The normalized spacial score (nSPS) is 10.4.